The van der Waals surface area contributed by atoms with Gasteiger partial charge in [-0.25, -0.2) is 4.79 Å². The minimum absolute atomic E-state index is 0.0121. The van der Waals surface area contributed by atoms with E-state index >= 15 is 0 Å². The Morgan fingerprint density at radius 1 is 1.37 bits per heavy atom. The van der Waals surface area contributed by atoms with Gasteiger partial charge < -0.3 is 14.9 Å². The minimum atomic E-state index is -0.739. The van der Waals surface area contributed by atoms with Crippen molar-refractivity contribution in [3.05, 3.63) is 0 Å². The van der Waals surface area contributed by atoms with Gasteiger partial charge in [0.05, 0.1) is 5.92 Å². The molecule has 0 aromatic heterocycles. The van der Waals surface area contributed by atoms with Crippen molar-refractivity contribution in [2.75, 3.05) is 19.6 Å². The molecule has 0 spiro atoms. The first-order chi connectivity index (χ1) is 9.01. The van der Waals surface area contributed by atoms with Crippen LogP contribution >= 0.6 is 0 Å². The molecule has 1 N–H and O–H groups in total. The number of carboxylic acid groups (broad SMARTS) is 1. The van der Waals surface area contributed by atoms with Crippen LogP contribution in [-0.4, -0.2) is 52.6 Å². The second kappa shape index (κ2) is 7.36. The van der Waals surface area contributed by atoms with Crippen molar-refractivity contribution in [1.82, 2.24) is 9.80 Å². The number of carbonyl (C=O) groups is 2. The molecule has 5 nitrogen and oxygen atoms in total. The van der Waals surface area contributed by atoms with E-state index in [4.69, 9.17) is 5.11 Å². The van der Waals surface area contributed by atoms with E-state index in [1.807, 2.05) is 23.6 Å². The lowest BCUT2D eigenvalue weighted by atomic mass is 9.92. The molecule has 0 aliphatic carbocycles. The first kappa shape index (κ1) is 15.8. The van der Waals surface area contributed by atoms with Gasteiger partial charge in [-0.15, -0.1) is 0 Å². The Labute approximate surface area is 115 Å². The highest BCUT2D eigenvalue weighted by Gasteiger charge is 2.33. The highest BCUT2D eigenvalue weighted by Crippen LogP contribution is 2.24. The SMILES string of the molecule is CCCCN(CC)C(=O)N1CCC(C(=O)O)CC1C. The van der Waals surface area contributed by atoms with Gasteiger partial charge in [-0.2, -0.15) is 0 Å². The van der Waals surface area contributed by atoms with Crippen molar-refractivity contribution in [1.29, 1.82) is 0 Å². The Kier molecular flexibility index (Phi) is 6.12. The van der Waals surface area contributed by atoms with Crippen molar-refractivity contribution < 1.29 is 14.7 Å². The number of likely N-dealkylation sites (tertiary alicyclic amines) is 1. The largest absolute Gasteiger partial charge is 0.481 e. The lowest BCUT2D eigenvalue weighted by Gasteiger charge is -2.39. The number of carbonyl (C=O) groups excluding carboxylic acids is 1. The summed E-state index contributed by atoms with van der Waals surface area (Å²) >= 11 is 0. The second-order valence-corrected chi connectivity index (χ2v) is 5.32. The number of amides is 2. The Morgan fingerprint density at radius 2 is 2.05 bits per heavy atom. The van der Waals surface area contributed by atoms with Gasteiger partial charge in [-0.3, -0.25) is 4.79 Å². The summed E-state index contributed by atoms with van der Waals surface area (Å²) in [6.45, 7) is 8.10. The van der Waals surface area contributed by atoms with Crippen LogP contribution in [0.4, 0.5) is 4.79 Å². The van der Waals surface area contributed by atoms with Gasteiger partial charge in [-0.1, -0.05) is 13.3 Å². The molecule has 1 aliphatic rings. The fourth-order valence-electron chi connectivity index (χ4n) is 2.60. The first-order valence-corrected chi connectivity index (χ1v) is 7.29. The van der Waals surface area contributed by atoms with Crippen molar-refractivity contribution >= 4 is 12.0 Å². The lowest BCUT2D eigenvalue weighted by molar-refractivity contribution is -0.143. The fraction of sp³-hybridized carbons (Fsp3) is 0.857. The van der Waals surface area contributed by atoms with Crippen LogP contribution < -0.4 is 0 Å². The number of aliphatic carboxylic acids is 1. The van der Waals surface area contributed by atoms with Crippen molar-refractivity contribution in [2.24, 2.45) is 5.92 Å². The molecule has 0 radical (unpaired) electrons. The maximum Gasteiger partial charge on any atom is 0.320 e. The number of unbranched alkanes of at least 4 members (excludes halogenated alkanes) is 1. The summed E-state index contributed by atoms with van der Waals surface area (Å²) in [5, 5.41) is 9.04. The van der Waals surface area contributed by atoms with E-state index in [9.17, 15) is 9.59 Å². The van der Waals surface area contributed by atoms with Crippen molar-refractivity contribution in [3.8, 4) is 0 Å². The lowest BCUT2D eigenvalue weighted by Crippen LogP contribution is -2.51. The molecule has 0 aromatic carbocycles. The van der Waals surface area contributed by atoms with Gasteiger partial charge in [0.25, 0.3) is 0 Å². The molecular weight excluding hydrogens is 244 g/mol. The molecule has 5 heteroatoms. The quantitative estimate of drug-likeness (QED) is 0.834. The van der Waals surface area contributed by atoms with E-state index in [1.165, 1.54) is 0 Å². The minimum Gasteiger partial charge on any atom is -0.481 e. The van der Waals surface area contributed by atoms with Crippen LogP contribution in [0.5, 0.6) is 0 Å². The van der Waals surface area contributed by atoms with Gasteiger partial charge in [-0.05, 0) is 33.1 Å². The number of hydrogen-bond acceptors (Lipinski definition) is 2. The van der Waals surface area contributed by atoms with E-state index in [0.717, 1.165) is 19.4 Å². The van der Waals surface area contributed by atoms with Gasteiger partial charge in [0.2, 0.25) is 0 Å². The number of carboxylic acids is 1. The molecule has 1 aliphatic heterocycles. The van der Waals surface area contributed by atoms with Crippen molar-refractivity contribution in [3.63, 3.8) is 0 Å². The Bertz CT molecular complexity index is 320. The predicted molar refractivity (Wildman–Crippen MR) is 74.1 cm³/mol. The normalized spacial score (nSPS) is 23.2. The van der Waals surface area contributed by atoms with Crippen LogP contribution in [0.1, 0.15) is 46.5 Å². The molecule has 0 saturated carbocycles. The summed E-state index contributed by atoms with van der Waals surface area (Å²) in [5.41, 5.74) is 0. The Balaban J connectivity index is 2.59. The summed E-state index contributed by atoms with van der Waals surface area (Å²) in [6, 6.07) is 0.0744. The molecule has 0 aromatic rings. The zero-order valence-electron chi connectivity index (χ0n) is 12.3. The van der Waals surface area contributed by atoms with E-state index in [1.54, 1.807) is 0 Å². The number of rotatable bonds is 5. The van der Waals surface area contributed by atoms with E-state index in [-0.39, 0.29) is 18.0 Å². The van der Waals surface area contributed by atoms with Crippen LogP contribution in [0.3, 0.4) is 0 Å². The third kappa shape index (κ3) is 4.11. The number of nitrogens with zero attached hydrogens (tertiary/aromatic N) is 2. The van der Waals surface area contributed by atoms with Crippen LogP contribution in [0.15, 0.2) is 0 Å². The summed E-state index contributed by atoms with van der Waals surface area (Å²) < 4.78 is 0. The maximum absolute atomic E-state index is 12.4. The number of hydrogen-bond donors (Lipinski definition) is 1. The van der Waals surface area contributed by atoms with Gasteiger partial charge in [0.1, 0.15) is 0 Å². The Hall–Kier alpha value is -1.26. The van der Waals surface area contributed by atoms with E-state index in [0.29, 0.717) is 25.9 Å². The third-order valence-corrected chi connectivity index (χ3v) is 3.90. The maximum atomic E-state index is 12.4. The molecule has 19 heavy (non-hydrogen) atoms. The van der Waals surface area contributed by atoms with Gasteiger partial charge in [0.15, 0.2) is 0 Å². The molecule has 2 unspecified atom stereocenters. The number of urea groups is 1. The standard InChI is InChI=1S/C14H26N2O3/c1-4-6-8-15(5-2)14(19)16-9-7-12(13(17)18)10-11(16)3/h11-12H,4-10H2,1-3H3,(H,17,18). The monoisotopic (exact) mass is 270 g/mol. The fourth-order valence-corrected chi connectivity index (χ4v) is 2.60. The highest BCUT2D eigenvalue weighted by atomic mass is 16.4. The van der Waals surface area contributed by atoms with E-state index in [2.05, 4.69) is 6.92 Å². The van der Waals surface area contributed by atoms with Gasteiger partial charge >= 0.3 is 12.0 Å². The zero-order chi connectivity index (χ0) is 14.4. The molecular formula is C14H26N2O3. The zero-order valence-corrected chi connectivity index (χ0v) is 12.3. The van der Waals surface area contributed by atoms with Crippen LogP contribution in [-0.2, 0) is 4.79 Å². The molecule has 2 amide bonds. The molecule has 1 saturated heterocycles. The summed E-state index contributed by atoms with van der Waals surface area (Å²) in [5.74, 6) is -1.04. The molecule has 1 rings (SSSR count). The van der Waals surface area contributed by atoms with Crippen LogP contribution in [0.25, 0.3) is 0 Å². The molecule has 1 fully saturated rings. The number of piperidine rings is 1. The topological polar surface area (TPSA) is 60.9 Å². The van der Waals surface area contributed by atoms with Crippen LogP contribution in [0, 0.1) is 5.92 Å². The highest BCUT2D eigenvalue weighted by molar-refractivity contribution is 5.76. The first-order valence-electron chi connectivity index (χ1n) is 7.29. The molecule has 0 bridgehead atoms. The van der Waals surface area contributed by atoms with Crippen molar-refractivity contribution in [2.45, 2.75) is 52.5 Å². The summed E-state index contributed by atoms with van der Waals surface area (Å²) in [7, 11) is 0. The summed E-state index contributed by atoms with van der Waals surface area (Å²) in [4.78, 5) is 27.1. The average molecular weight is 270 g/mol. The van der Waals surface area contributed by atoms with E-state index < -0.39 is 5.97 Å². The summed E-state index contributed by atoms with van der Waals surface area (Å²) in [6.07, 6.45) is 3.21. The predicted octanol–water partition coefficient (Wildman–Crippen LogP) is 2.41. The second-order valence-electron chi connectivity index (χ2n) is 5.32. The molecule has 110 valence electrons. The van der Waals surface area contributed by atoms with Crippen LogP contribution in [0.2, 0.25) is 0 Å². The third-order valence-electron chi connectivity index (χ3n) is 3.90. The smallest absolute Gasteiger partial charge is 0.320 e. The molecule has 2 atom stereocenters. The molecule has 1 heterocycles. The average Bonchev–Trinajstić information content (AvgIpc) is 2.39. The Morgan fingerprint density at radius 3 is 2.53 bits per heavy atom. The van der Waals surface area contributed by atoms with Gasteiger partial charge in [0, 0.05) is 25.7 Å².